The van der Waals surface area contributed by atoms with E-state index >= 15 is 0 Å². The Morgan fingerprint density at radius 2 is 1.70 bits per heavy atom. The van der Waals surface area contributed by atoms with E-state index in [0.29, 0.717) is 49.7 Å². The van der Waals surface area contributed by atoms with Crippen LogP contribution >= 0.6 is 0 Å². The summed E-state index contributed by atoms with van der Waals surface area (Å²) in [6, 6.07) is 14.0. The Morgan fingerprint density at radius 1 is 1.05 bits per heavy atom. The van der Waals surface area contributed by atoms with Crippen LogP contribution in [0, 0.1) is 5.82 Å². The van der Waals surface area contributed by atoms with Crippen LogP contribution in [0.4, 0.5) is 14.9 Å². The first-order valence-corrected chi connectivity index (χ1v) is 12.9. The second kappa shape index (κ2) is 10.9. The molecule has 1 atom stereocenters. The van der Waals surface area contributed by atoms with Gasteiger partial charge >= 0.3 is 12.0 Å². The number of amides is 2. The van der Waals surface area contributed by atoms with Crippen molar-refractivity contribution < 1.29 is 18.7 Å². The second-order valence-corrected chi connectivity index (χ2v) is 10.6. The summed E-state index contributed by atoms with van der Waals surface area (Å²) in [6.07, 6.45) is 0. The number of esters is 1. The number of hydrogen-bond donors (Lipinski definition) is 1. The summed E-state index contributed by atoms with van der Waals surface area (Å²) in [5, 5.41) is 2.99. The first kappa shape index (κ1) is 26.7. The number of ether oxygens (including phenoxy) is 1. The molecule has 7 nitrogen and oxygen atoms in total. The minimum atomic E-state index is -0.605. The zero-order chi connectivity index (χ0) is 26.7. The molecule has 2 aliphatic rings. The molecule has 2 aromatic carbocycles. The Balaban J connectivity index is 1.62. The van der Waals surface area contributed by atoms with E-state index in [-0.39, 0.29) is 23.9 Å². The van der Waals surface area contributed by atoms with Crippen LogP contribution in [0.15, 0.2) is 59.8 Å². The number of likely N-dealkylation sites (N-methyl/N-ethyl adjacent to an activating group) is 1. The number of urea groups is 1. The number of para-hydroxylation sites is 1. The van der Waals surface area contributed by atoms with Crippen molar-refractivity contribution in [1.29, 1.82) is 0 Å². The lowest BCUT2D eigenvalue weighted by atomic mass is 9.85. The predicted molar refractivity (Wildman–Crippen MR) is 143 cm³/mol. The number of hydrogen-bond acceptors (Lipinski definition) is 5. The summed E-state index contributed by atoms with van der Waals surface area (Å²) in [5.74, 6) is -0.661. The van der Waals surface area contributed by atoms with Crippen molar-refractivity contribution in [2.45, 2.75) is 39.2 Å². The minimum Gasteiger partial charge on any atom is -0.463 e. The number of rotatable bonds is 6. The fourth-order valence-electron chi connectivity index (χ4n) is 4.89. The first-order valence-electron chi connectivity index (χ1n) is 12.9. The normalized spacial score (nSPS) is 19.2. The van der Waals surface area contributed by atoms with Gasteiger partial charge in [-0.25, -0.2) is 14.0 Å². The van der Waals surface area contributed by atoms with Gasteiger partial charge in [-0.3, -0.25) is 9.80 Å². The molecule has 0 saturated carbocycles. The van der Waals surface area contributed by atoms with Gasteiger partial charge in [-0.15, -0.1) is 0 Å². The number of halogens is 1. The summed E-state index contributed by atoms with van der Waals surface area (Å²) in [6.45, 7) is 11.5. The molecule has 1 N–H and O–H groups in total. The third-order valence-corrected chi connectivity index (χ3v) is 7.12. The molecule has 0 unspecified atom stereocenters. The standard InChI is InChI=1S/C29H37FN4O3/c1-6-37-27(35)25-24(19-33-15-17-34(18-16-33)23-10-8-7-9-22(23)30)32(5)28(36)31-26(25)20-11-13-21(14-12-20)29(2,3)4/h7-14,26H,6,15-19H2,1-5H3,(H,31,36)/t26-/m1/s1. The summed E-state index contributed by atoms with van der Waals surface area (Å²) in [7, 11) is 1.68. The minimum absolute atomic E-state index is 0.00958. The van der Waals surface area contributed by atoms with Crippen molar-refractivity contribution in [3.63, 3.8) is 0 Å². The van der Waals surface area contributed by atoms with E-state index in [1.54, 1.807) is 26.1 Å². The van der Waals surface area contributed by atoms with Gasteiger partial charge in [0.15, 0.2) is 0 Å². The molecule has 4 rings (SSSR count). The van der Waals surface area contributed by atoms with Gasteiger partial charge in [-0.1, -0.05) is 57.2 Å². The van der Waals surface area contributed by atoms with Crippen LogP contribution in [0.3, 0.4) is 0 Å². The summed E-state index contributed by atoms with van der Waals surface area (Å²) in [4.78, 5) is 32.0. The van der Waals surface area contributed by atoms with E-state index < -0.39 is 12.0 Å². The van der Waals surface area contributed by atoms with Crippen LogP contribution in [0.25, 0.3) is 0 Å². The topological polar surface area (TPSA) is 65.1 Å². The highest BCUT2D eigenvalue weighted by Crippen LogP contribution is 2.33. The monoisotopic (exact) mass is 508 g/mol. The van der Waals surface area contributed by atoms with Crippen LogP contribution in [-0.2, 0) is 14.9 Å². The Hall–Kier alpha value is -3.39. The molecule has 2 heterocycles. The van der Waals surface area contributed by atoms with Gasteiger partial charge in [0.25, 0.3) is 0 Å². The van der Waals surface area contributed by atoms with E-state index in [4.69, 9.17) is 4.74 Å². The lowest BCUT2D eigenvalue weighted by molar-refractivity contribution is -0.139. The lowest BCUT2D eigenvalue weighted by Crippen LogP contribution is -2.52. The summed E-state index contributed by atoms with van der Waals surface area (Å²) in [5.41, 5.74) is 3.67. The van der Waals surface area contributed by atoms with Gasteiger partial charge < -0.3 is 15.0 Å². The van der Waals surface area contributed by atoms with Crippen molar-refractivity contribution in [1.82, 2.24) is 15.1 Å². The Bertz CT molecular complexity index is 1160. The van der Waals surface area contributed by atoms with Crippen LogP contribution < -0.4 is 10.2 Å². The summed E-state index contributed by atoms with van der Waals surface area (Å²) >= 11 is 0. The van der Waals surface area contributed by atoms with E-state index in [2.05, 4.69) is 31.0 Å². The number of carbonyl (C=O) groups excluding carboxylic acids is 2. The highest BCUT2D eigenvalue weighted by atomic mass is 19.1. The Morgan fingerprint density at radius 3 is 2.30 bits per heavy atom. The number of anilines is 1. The van der Waals surface area contributed by atoms with Gasteiger partial charge in [-0.2, -0.15) is 0 Å². The maximum atomic E-state index is 14.3. The SMILES string of the molecule is CCOC(=O)C1=C(CN2CCN(c3ccccc3F)CC2)N(C)C(=O)N[C@@H]1c1ccc(C(C)(C)C)cc1. The van der Waals surface area contributed by atoms with Gasteiger partial charge in [0.2, 0.25) is 0 Å². The fourth-order valence-corrected chi connectivity index (χ4v) is 4.89. The van der Waals surface area contributed by atoms with Gasteiger partial charge in [0.05, 0.1) is 23.9 Å². The van der Waals surface area contributed by atoms with Crippen molar-refractivity contribution in [3.8, 4) is 0 Å². The van der Waals surface area contributed by atoms with Crippen LogP contribution in [0.2, 0.25) is 0 Å². The van der Waals surface area contributed by atoms with E-state index in [0.717, 1.165) is 5.56 Å². The number of benzene rings is 2. The van der Waals surface area contributed by atoms with Crippen LogP contribution in [-0.4, -0.2) is 68.2 Å². The zero-order valence-electron chi connectivity index (χ0n) is 22.4. The molecule has 37 heavy (non-hydrogen) atoms. The number of nitrogens with one attached hydrogen (secondary N) is 1. The van der Waals surface area contributed by atoms with E-state index in [1.807, 2.05) is 35.2 Å². The molecule has 8 heteroatoms. The van der Waals surface area contributed by atoms with Crippen molar-refractivity contribution in [3.05, 3.63) is 76.7 Å². The van der Waals surface area contributed by atoms with Gasteiger partial charge in [-0.05, 0) is 35.6 Å². The van der Waals surface area contributed by atoms with Crippen molar-refractivity contribution in [2.75, 3.05) is 51.3 Å². The fraction of sp³-hybridized carbons (Fsp3) is 0.448. The molecule has 0 spiro atoms. The highest BCUT2D eigenvalue weighted by Gasteiger charge is 2.37. The lowest BCUT2D eigenvalue weighted by Gasteiger charge is -2.40. The second-order valence-electron chi connectivity index (χ2n) is 10.6. The molecule has 0 radical (unpaired) electrons. The van der Waals surface area contributed by atoms with E-state index in [9.17, 15) is 14.0 Å². The molecule has 0 aromatic heterocycles. The van der Waals surface area contributed by atoms with Crippen LogP contribution in [0.1, 0.15) is 44.9 Å². The smallest absolute Gasteiger partial charge is 0.338 e. The van der Waals surface area contributed by atoms with Crippen molar-refractivity contribution >= 4 is 17.7 Å². The molecule has 0 bridgehead atoms. The van der Waals surface area contributed by atoms with Gasteiger partial charge in [0.1, 0.15) is 5.82 Å². The van der Waals surface area contributed by atoms with E-state index in [1.165, 1.54) is 16.5 Å². The maximum Gasteiger partial charge on any atom is 0.338 e. The predicted octanol–water partition coefficient (Wildman–Crippen LogP) is 4.46. The highest BCUT2D eigenvalue weighted by molar-refractivity contribution is 5.95. The number of carbonyl (C=O) groups is 2. The molecule has 2 aromatic rings. The average molecular weight is 509 g/mol. The largest absolute Gasteiger partial charge is 0.463 e. The summed E-state index contributed by atoms with van der Waals surface area (Å²) < 4.78 is 19.7. The zero-order valence-corrected chi connectivity index (χ0v) is 22.4. The molecular formula is C29H37FN4O3. The molecule has 198 valence electrons. The van der Waals surface area contributed by atoms with Crippen LogP contribution in [0.5, 0.6) is 0 Å². The van der Waals surface area contributed by atoms with Gasteiger partial charge in [0, 0.05) is 45.5 Å². The average Bonchev–Trinajstić information content (AvgIpc) is 2.87. The third kappa shape index (κ3) is 5.80. The molecular weight excluding hydrogens is 471 g/mol. The third-order valence-electron chi connectivity index (χ3n) is 7.12. The number of nitrogens with zero attached hydrogens (tertiary/aromatic N) is 3. The molecule has 2 aliphatic heterocycles. The first-order chi connectivity index (χ1) is 17.6. The molecule has 0 aliphatic carbocycles. The quantitative estimate of drug-likeness (QED) is 0.584. The Kier molecular flexibility index (Phi) is 7.87. The van der Waals surface area contributed by atoms with Crippen molar-refractivity contribution in [2.24, 2.45) is 0 Å². The molecule has 2 amide bonds. The molecule has 1 fully saturated rings. The Labute approximate surface area is 218 Å². The molecule has 1 saturated heterocycles. The maximum absolute atomic E-state index is 14.3. The number of piperazine rings is 1.